The largest absolute Gasteiger partial charge is 0.454 e. The van der Waals surface area contributed by atoms with Crippen molar-refractivity contribution in [3.05, 3.63) is 48.0 Å². The molecule has 2 aromatic rings. The number of carbonyl (C=O) groups is 1. The highest BCUT2D eigenvalue weighted by molar-refractivity contribution is 8.24. The zero-order chi connectivity index (χ0) is 19.2. The van der Waals surface area contributed by atoms with E-state index in [-0.39, 0.29) is 5.44 Å². The Bertz CT molecular complexity index is 808. The number of carbonyl (C=O) groups excluding carboxylic acids is 1. The van der Waals surface area contributed by atoms with E-state index in [0.29, 0.717) is 10.7 Å². The Balaban J connectivity index is 1.93. The zero-order valence-corrected chi connectivity index (χ0v) is 17.5. The highest BCUT2D eigenvalue weighted by Crippen LogP contribution is 2.41. The molecule has 1 saturated heterocycles. The van der Waals surface area contributed by atoms with Crippen LogP contribution in [0.25, 0.3) is 0 Å². The van der Waals surface area contributed by atoms with E-state index in [1.54, 1.807) is 6.92 Å². The molecule has 7 heteroatoms. The van der Waals surface area contributed by atoms with Gasteiger partial charge in [-0.1, -0.05) is 42.2 Å². The lowest BCUT2D eigenvalue weighted by Crippen LogP contribution is -2.19. The molecule has 0 N–H and O–H groups in total. The van der Waals surface area contributed by atoms with Crippen LogP contribution in [0.3, 0.4) is 0 Å². The summed E-state index contributed by atoms with van der Waals surface area (Å²) in [5, 5.41) is 0. The molecular formula is C20H21NO3S3. The molecular weight excluding hydrogens is 398 g/mol. The predicted molar refractivity (Wildman–Crippen MR) is 118 cm³/mol. The minimum atomic E-state index is -0.339. The van der Waals surface area contributed by atoms with Crippen LogP contribution in [0.2, 0.25) is 0 Å². The molecule has 27 heavy (non-hydrogen) atoms. The van der Waals surface area contributed by atoms with Gasteiger partial charge in [-0.2, -0.15) is 0 Å². The molecule has 0 spiro atoms. The van der Waals surface area contributed by atoms with E-state index < -0.39 is 0 Å². The summed E-state index contributed by atoms with van der Waals surface area (Å²) in [4.78, 5) is 13.6. The lowest BCUT2D eigenvalue weighted by molar-refractivity contribution is -0.129. The molecule has 0 amide bonds. The number of para-hydroxylation sites is 1. The van der Waals surface area contributed by atoms with Gasteiger partial charge in [0.1, 0.15) is 11.2 Å². The van der Waals surface area contributed by atoms with Crippen molar-refractivity contribution in [2.24, 2.45) is 0 Å². The first kappa shape index (κ1) is 20.0. The van der Waals surface area contributed by atoms with Crippen LogP contribution in [0, 0.1) is 0 Å². The van der Waals surface area contributed by atoms with Gasteiger partial charge in [0, 0.05) is 23.5 Å². The predicted octanol–water partition coefficient (Wildman–Crippen LogP) is 5.30. The topological polar surface area (TPSA) is 38.8 Å². The molecule has 1 heterocycles. The van der Waals surface area contributed by atoms with Crippen LogP contribution in [-0.4, -0.2) is 29.2 Å². The number of benzene rings is 2. The fourth-order valence-corrected chi connectivity index (χ4v) is 4.43. The number of ether oxygens (including phenoxy) is 2. The molecule has 0 bridgehead atoms. The van der Waals surface area contributed by atoms with Crippen LogP contribution >= 0.6 is 36.6 Å². The zero-order valence-electron chi connectivity index (χ0n) is 15.0. The van der Waals surface area contributed by atoms with E-state index >= 15 is 0 Å². The molecule has 4 nitrogen and oxygen atoms in total. The standard InChI is InChI=1S/C20H21NO3S3/c1-14(23-13-22)27-20(26)15-11-17(21-9-5-6-10-21)19(18(25)12-15)24-16-7-3-2-4-8-16/h2-4,7-8,11-14,25H,5-6,9-10H2,1H3. The van der Waals surface area contributed by atoms with Crippen LogP contribution < -0.4 is 9.64 Å². The Labute approximate surface area is 174 Å². The molecule has 0 aromatic heterocycles. The third-order valence-electron chi connectivity index (χ3n) is 4.22. The molecule has 1 fully saturated rings. The number of anilines is 1. The maximum absolute atomic E-state index is 10.5. The average molecular weight is 420 g/mol. The second-order valence-corrected chi connectivity index (χ2v) is 8.61. The minimum Gasteiger partial charge on any atom is -0.454 e. The number of hydrogen-bond acceptors (Lipinski definition) is 7. The van der Waals surface area contributed by atoms with Crippen molar-refractivity contribution in [2.45, 2.75) is 30.1 Å². The van der Waals surface area contributed by atoms with Crippen LogP contribution in [-0.2, 0) is 9.53 Å². The average Bonchev–Trinajstić information content (AvgIpc) is 3.18. The second kappa shape index (κ2) is 9.48. The fraction of sp³-hybridized carbons (Fsp3) is 0.300. The first-order valence-electron chi connectivity index (χ1n) is 8.73. The number of thioether (sulfide) groups is 1. The van der Waals surface area contributed by atoms with Gasteiger partial charge in [-0.3, -0.25) is 4.79 Å². The lowest BCUT2D eigenvalue weighted by Gasteiger charge is -2.24. The van der Waals surface area contributed by atoms with E-state index in [2.05, 4.69) is 17.5 Å². The highest BCUT2D eigenvalue weighted by atomic mass is 32.2. The summed E-state index contributed by atoms with van der Waals surface area (Å²) in [6, 6.07) is 13.6. The van der Waals surface area contributed by atoms with Crippen molar-refractivity contribution in [1.29, 1.82) is 0 Å². The van der Waals surface area contributed by atoms with Crippen molar-refractivity contribution in [3.63, 3.8) is 0 Å². The van der Waals surface area contributed by atoms with E-state index in [9.17, 15) is 4.79 Å². The molecule has 142 valence electrons. The number of thiol groups is 1. The molecule has 0 radical (unpaired) electrons. The summed E-state index contributed by atoms with van der Waals surface area (Å²) in [7, 11) is 0. The Morgan fingerprint density at radius 3 is 2.63 bits per heavy atom. The van der Waals surface area contributed by atoms with Gasteiger partial charge in [0.05, 0.1) is 9.88 Å². The summed E-state index contributed by atoms with van der Waals surface area (Å²) < 4.78 is 11.8. The van der Waals surface area contributed by atoms with Gasteiger partial charge in [-0.15, -0.1) is 12.6 Å². The Hall–Kier alpha value is -1.70. The first-order valence-corrected chi connectivity index (χ1v) is 10.5. The summed E-state index contributed by atoms with van der Waals surface area (Å²) in [5.41, 5.74) is 1.53. The van der Waals surface area contributed by atoms with Gasteiger partial charge >= 0.3 is 0 Å². The van der Waals surface area contributed by atoms with Crippen LogP contribution in [0.1, 0.15) is 25.3 Å². The summed E-state index contributed by atoms with van der Waals surface area (Å²) >= 11 is 11.6. The van der Waals surface area contributed by atoms with Crippen LogP contribution in [0.4, 0.5) is 5.69 Å². The normalized spacial score (nSPS) is 14.7. The number of thiocarbonyl (C=S) groups is 1. The molecule has 3 rings (SSSR count). The van der Waals surface area contributed by atoms with Gasteiger partial charge in [-0.05, 0) is 44.0 Å². The Kier molecular flexibility index (Phi) is 7.04. The van der Waals surface area contributed by atoms with Gasteiger partial charge in [0.25, 0.3) is 6.47 Å². The van der Waals surface area contributed by atoms with E-state index in [1.807, 2.05) is 42.5 Å². The van der Waals surface area contributed by atoms with Crippen LogP contribution in [0.15, 0.2) is 47.4 Å². The SMILES string of the molecule is CC(OC=O)SC(=S)c1cc(S)c(Oc2ccccc2)c(N2CCCC2)c1. The molecule has 0 aliphatic carbocycles. The summed E-state index contributed by atoms with van der Waals surface area (Å²) in [5.74, 6) is 1.51. The molecule has 0 saturated carbocycles. The van der Waals surface area contributed by atoms with Crippen molar-refractivity contribution in [2.75, 3.05) is 18.0 Å². The first-order chi connectivity index (χ1) is 13.1. The Morgan fingerprint density at radius 2 is 1.96 bits per heavy atom. The summed E-state index contributed by atoms with van der Waals surface area (Å²) in [6.45, 7) is 4.19. The number of hydrogen-bond donors (Lipinski definition) is 1. The summed E-state index contributed by atoms with van der Waals surface area (Å²) in [6.07, 6.45) is 2.31. The fourth-order valence-electron chi connectivity index (χ4n) is 2.95. The monoisotopic (exact) mass is 419 g/mol. The number of rotatable bonds is 7. The van der Waals surface area contributed by atoms with Gasteiger partial charge in [0.2, 0.25) is 0 Å². The van der Waals surface area contributed by atoms with E-state index in [0.717, 1.165) is 53.6 Å². The van der Waals surface area contributed by atoms with Crippen molar-refractivity contribution in [3.8, 4) is 11.5 Å². The molecule has 1 unspecified atom stereocenters. The maximum Gasteiger partial charge on any atom is 0.294 e. The van der Waals surface area contributed by atoms with Gasteiger partial charge in [-0.25, -0.2) is 0 Å². The second-order valence-electron chi connectivity index (χ2n) is 6.16. The third kappa shape index (κ3) is 5.18. The van der Waals surface area contributed by atoms with Gasteiger partial charge in [0.15, 0.2) is 5.75 Å². The van der Waals surface area contributed by atoms with E-state index in [1.165, 1.54) is 11.8 Å². The number of nitrogens with zero attached hydrogens (tertiary/aromatic N) is 1. The van der Waals surface area contributed by atoms with Gasteiger partial charge < -0.3 is 14.4 Å². The van der Waals surface area contributed by atoms with Crippen molar-refractivity contribution < 1.29 is 14.3 Å². The molecule has 1 aliphatic rings. The quantitative estimate of drug-likeness (QED) is 0.284. The highest BCUT2D eigenvalue weighted by Gasteiger charge is 2.22. The van der Waals surface area contributed by atoms with Crippen LogP contribution in [0.5, 0.6) is 11.5 Å². The van der Waals surface area contributed by atoms with Crippen molar-refractivity contribution >= 4 is 53.0 Å². The maximum atomic E-state index is 10.5. The van der Waals surface area contributed by atoms with Crippen molar-refractivity contribution in [1.82, 2.24) is 0 Å². The minimum absolute atomic E-state index is 0.339. The molecule has 1 aliphatic heterocycles. The molecule has 1 atom stereocenters. The smallest absolute Gasteiger partial charge is 0.294 e. The Morgan fingerprint density at radius 1 is 1.26 bits per heavy atom. The molecule has 2 aromatic carbocycles. The lowest BCUT2D eigenvalue weighted by atomic mass is 10.2. The third-order valence-corrected chi connectivity index (χ3v) is 5.96. The van der Waals surface area contributed by atoms with E-state index in [4.69, 9.17) is 21.7 Å².